The Balaban J connectivity index is 3.97. The fourth-order valence-corrected chi connectivity index (χ4v) is 10.7. The molecule has 45 nitrogen and oxygen atoms in total. The Hall–Kier alpha value is -10.9. The Morgan fingerprint density at radius 3 is 0.790 bits per heavy atom. The Labute approximate surface area is 609 Å². The molecule has 43 N–H and O–H groups in total. The molecule has 10 atom stereocenters. The number of aliphatic imine (C=N–C) groups is 6. The molecule has 1 saturated heterocycles. The first-order valence-corrected chi connectivity index (χ1v) is 34.8. The number of unbranched alkanes of at least 4 members (excludes halogenated alkanes) is 2. The number of guanidine groups is 6. The van der Waals surface area contributed by atoms with Crippen molar-refractivity contribution in [2.75, 3.05) is 65.4 Å². The summed E-state index contributed by atoms with van der Waals surface area (Å²) in [5.74, 6) is -12.1. The van der Waals surface area contributed by atoms with Crippen LogP contribution >= 0.6 is 0 Å². The molecule has 0 aromatic carbocycles. The van der Waals surface area contributed by atoms with E-state index < -0.39 is 151 Å². The summed E-state index contributed by atoms with van der Waals surface area (Å²) in [7, 11) is 0. The highest BCUT2D eigenvalue weighted by Crippen LogP contribution is 2.20. The van der Waals surface area contributed by atoms with Crippen molar-refractivity contribution in [3.05, 3.63) is 0 Å². The molecule has 0 aromatic rings. The molecule has 1 aliphatic heterocycles. The first-order chi connectivity index (χ1) is 49.7. The number of hydrogen-bond acceptors (Lipinski definition) is 21. The van der Waals surface area contributed by atoms with Crippen molar-refractivity contribution >= 4 is 107 Å². The Kier molecular flexibility index (Phi) is 45.8. The van der Waals surface area contributed by atoms with Crippen LogP contribution in [0.25, 0.3) is 0 Å². The van der Waals surface area contributed by atoms with Gasteiger partial charge in [0.1, 0.15) is 60.4 Å². The molecular weight excluding hydrogens is 1370 g/mol. The fraction of sp³-hybridized carbons (Fsp3) is 0.700. The smallest absolute Gasteiger partial charge is 0.245 e. The van der Waals surface area contributed by atoms with Crippen LogP contribution in [0.4, 0.5) is 0 Å². The van der Waals surface area contributed by atoms with Gasteiger partial charge in [-0.15, -0.1) is 0 Å². The minimum Gasteiger partial charge on any atom is -0.370 e. The zero-order chi connectivity index (χ0) is 79.0. The van der Waals surface area contributed by atoms with Crippen molar-refractivity contribution in [3.63, 3.8) is 0 Å². The van der Waals surface area contributed by atoms with Crippen molar-refractivity contribution in [1.82, 2.24) is 52.8 Å². The third kappa shape index (κ3) is 40.5. The van der Waals surface area contributed by atoms with Crippen LogP contribution in [0.5, 0.6) is 0 Å². The van der Waals surface area contributed by atoms with Gasteiger partial charge >= 0.3 is 0 Å². The summed E-state index contributed by atoms with van der Waals surface area (Å²) in [5, 5.41) is 23.6. The first kappa shape index (κ1) is 92.2. The van der Waals surface area contributed by atoms with Crippen LogP contribution in [-0.2, 0) is 57.5 Å². The normalized spacial score (nSPS) is 14.8. The third-order valence-electron chi connectivity index (χ3n) is 16.0. The standard InChI is InChI=1S/C60H117N33O12/c61-23-3-1-12-34(85-46(97)33(84-44(95)32-63)14-5-25-78-55(66)67)47(98)86-35(13-2-4-24-62)48(99)87-36(15-6-26-79-56(68)69)49(100)88-38(17-8-28-81-58(72)73)51(102)91-40(21-22-43(64)94)53(104)90-37(16-7-27-80-57(70)71)50(101)89-39(18-9-29-82-59(74)75)52(103)92-41(19-10-30-83-60(76)77)54(105)93-31-11-20-42(93)45(65)96/h33-42H,1-32,61-63H2,(H2,64,94)(H2,65,96)(H,84,95)(H,85,97)(H,86,98)(H,87,99)(H,88,100)(H,89,101)(H,90,104)(H,91,102)(H,92,103)(H4,66,67,78)(H4,68,69,79)(H4,70,71,80)(H4,72,73,81)(H4,74,75,82)(H4,76,77,83)/t33-,34-,35-,36-,37-,38-,39-,40-,41-,42-/m1/s1. The molecule has 0 aromatic heterocycles. The molecule has 1 aliphatic rings. The number of rotatable bonds is 55. The monoisotopic (exact) mass is 1490 g/mol. The average Bonchev–Trinajstić information content (AvgIpc) is 1.77. The zero-order valence-corrected chi connectivity index (χ0v) is 59.7. The summed E-state index contributed by atoms with van der Waals surface area (Å²) in [6, 6.07) is -14.1. The summed E-state index contributed by atoms with van der Waals surface area (Å²) in [6.07, 6.45) is 0.607. The largest absolute Gasteiger partial charge is 0.370 e. The summed E-state index contributed by atoms with van der Waals surface area (Å²) in [4.78, 5) is 193. The Bertz CT molecular complexity index is 2980. The van der Waals surface area contributed by atoms with Gasteiger partial charge in [-0.05, 0) is 148 Å². The molecule has 0 unspecified atom stereocenters. The molecule has 1 rings (SSSR count). The zero-order valence-electron chi connectivity index (χ0n) is 59.7. The van der Waals surface area contributed by atoms with Crippen LogP contribution in [0.15, 0.2) is 30.0 Å². The van der Waals surface area contributed by atoms with E-state index in [4.69, 9.17) is 97.5 Å². The van der Waals surface area contributed by atoms with Crippen LogP contribution < -0.4 is 145 Å². The molecule has 0 aliphatic carbocycles. The predicted octanol–water partition coefficient (Wildman–Crippen LogP) is -12.4. The lowest BCUT2D eigenvalue weighted by Gasteiger charge is -2.30. The van der Waals surface area contributed by atoms with Gasteiger partial charge < -0.3 is 150 Å². The number of carbonyl (C=O) groups excluding carboxylic acids is 12. The SMILES string of the molecule is NCCCC[C@@H](NC(=O)[C@@H](CCCN=C(N)N)NC(=O)CN)C(=O)N[C@H](CCCCN)C(=O)N[C@H](CCCN=C(N)N)C(=O)N[C@H](CCCN=C(N)N)C(=O)N[C@H](CCC(N)=O)C(=O)N[C@H](CCCN=C(N)N)C(=O)N[C@H](CCCN=C(N)N)C(=O)N[C@H](CCCN=C(N)N)C(=O)N1CCC[C@@H]1C(N)=O. The minimum atomic E-state index is -1.72. The van der Waals surface area contributed by atoms with Crippen LogP contribution in [-0.4, -0.2) is 237 Å². The molecule has 0 radical (unpaired) electrons. The fourth-order valence-electron chi connectivity index (χ4n) is 10.7. The molecule has 105 heavy (non-hydrogen) atoms. The van der Waals surface area contributed by atoms with Crippen LogP contribution in [0, 0.1) is 0 Å². The molecule has 0 saturated carbocycles. The molecule has 45 heteroatoms. The maximum absolute atomic E-state index is 14.8. The Morgan fingerprint density at radius 2 is 0.552 bits per heavy atom. The lowest BCUT2D eigenvalue weighted by atomic mass is 10.0. The van der Waals surface area contributed by atoms with Gasteiger partial charge in [0.15, 0.2) is 35.8 Å². The van der Waals surface area contributed by atoms with E-state index in [1.165, 1.54) is 4.90 Å². The van der Waals surface area contributed by atoms with E-state index in [-0.39, 0.29) is 197 Å². The lowest BCUT2D eigenvalue weighted by Crippen LogP contribution is -2.60. The number of nitrogens with one attached hydrogen (secondary N) is 9. The second kappa shape index (κ2) is 52.1. The Morgan fingerprint density at radius 1 is 0.314 bits per heavy atom. The van der Waals surface area contributed by atoms with Crippen molar-refractivity contribution in [1.29, 1.82) is 0 Å². The number of hydrogen-bond donors (Lipinski definition) is 26. The van der Waals surface area contributed by atoms with Gasteiger partial charge in [0, 0.05) is 52.2 Å². The quantitative estimate of drug-likeness (QED) is 0.0153. The van der Waals surface area contributed by atoms with Gasteiger partial charge in [0.25, 0.3) is 0 Å². The van der Waals surface area contributed by atoms with Gasteiger partial charge in [0.2, 0.25) is 70.9 Å². The summed E-state index contributed by atoms with van der Waals surface area (Å²) in [6.45, 7) is -0.0369. The maximum Gasteiger partial charge on any atom is 0.245 e. The maximum atomic E-state index is 14.8. The van der Waals surface area contributed by atoms with Crippen molar-refractivity contribution in [2.24, 2.45) is 127 Å². The van der Waals surface area contributed by atoms with Crippen LogP contribution in [0.3, 0.4) is 0 Å². The lowest BCUT2D eigenvalue weighted by molar-refractivity contribution is -0.141. The number of primary amides is 2. The molecular formula is C60H117N33O12. The van der Waals surface area contributed by atoms with E-state index in [2.05, 4.69) is 77.8 Å². The molecule has 0 bridgehead atoms. The highest BCUT2D eigenvalue weighted by atomic mass is 16.2. The summed E-state index contributed by atoms with van der Waals surface area (Å²) in [5.41, 5.74) is 95.1. The van der Waals surface area contributed by atoms with Crippen molar-refractivity contribution in [2.45, 2.75) is 202 Å². The number of nitrogens with two attached hydrogens (primary N) is 17. The number of likely N-dealkylation sites (tertiary alicyclic amines) is 1. The van der Waals surface area contributed by atoms with E-state index in [0.29, 0.717) is 25.7 Å². The predicted molar refractivity (Wildman–Crippen MR) is 394 cm³/mol. The van der Waals surface area contributed by atoms with Gasteiger partial charge in [-0.3, -0.25) is 87.5 Å². The summed E-state index contributed by atoms with van der Waals surface area (Å²) >= 11 is 0. The molecule has 12 amide bonds. The van der Waals surface area contributed by atoms with Crippen LogP contribution in [0.2, 0.25) is 0 Å². The first-order valence-electron chi connectivity index (χ1n) is 34.8. The van der Waals surface area contributed by atoms with Gasteiger partial charge in [-0.1, -0.05) is 0 Å². The highest BCUT2D eigenvalue weighted by molar-refractivity contribution is 5.99. The number of nitrogens with zero attached hydrogens (tertiary/aromatic N) is 7. The molecule has 1 fully saturated rings. The third-order valence-corrected chi connectivity index (χ3v) is 16.0. The topological polar surface area (TPSA) is 833 Å². The van der Waals surface area contributed by atoms with Gasteiger partial charge in [-0.2, -0.15) is 0 Å². The van der Waals surface area contributed by atoms with Crippen molar-refractivity contribution in [3.8, 4) is 0 Å². The van der Waals surface area contributed by atoms with E-state index >= 15 is 0 Å². The second-order valence-corrected chi connectivity index (χ2v) is 24.7. The van der Waals surface area contributed by atoms with Crippen LogP contribution in [0.1, 0.15) is 141 Å². The van der Waals surface area contributed by atoms with E-state index in [1.807, 2.05) is 0 Å². The number of carbonyl (C=O) groups is 12. The minimum absolute atomic E-state index is 0.00423. The van der Waals surface area contributed by atoms with E-state index in [0.717, 1.165) is 0 Å². The van der Waals surface area contributed by atoms with Gasteiger partial charge in [0.05, 0.1) is 6.54 Å². The molecule has 594 valence electrons. The highest BCUT2D eigenvalue weighted by Gasteiger charge is 2.39. The molecule has 0 spiro atoms. The summed E-state index contributed by atoms with van der Waals surface area (Å²) < 4.78 is 0. The number of amides is 12. The van der Waals surface area contributed by atoms with Crippen molar-refractivity contribution < 1.29 is 57.5 Å². The second-order valence-electron chi connectivity index (χ2n) is 24.7. The van der Waals surface area contributed by atoms with E-state index in [9.17, 15) is 57.5 Å². The van der Waals surface area contributed by atoms with Gasteiger partial charge in [-0.25, -0.2) is 0 Å². The van der Waals surface area contributed by atoms with E-state index in [1.54, 1.807) is 0 Å². The average molecular weight is 1490 g/mol. The molecule has 1 heterocycles.